The predicted molar refractivity (Wildman–Crippen MR) is 86.3 cm³/mol. The second-order valence-electron chi connectivity index (χ2n) is 4.94. The van der Waals surface area contributed by atoms with Gasteiger partial charge in [-0.2, -0.15) is 5.26 Å². The zero-order valence-electron chi connectivity index (χ0n) is 12.7. The molecule has 2 rings (SSSR count). The van der Waals surface area contributed by atoms with Crippen LogP contribution in [-0.2, 0) is 4.79 Å². The molecule has 0 fully saturated rings. The van der Waals surface area contributed by atoms with Gasteiger partial charge in [-0.1, -0.05) is 29.5 Å². The first-order chi connectivity index (χ1) is 10.5. The van der Waals surface area contributed by atoms with Crippen LogP contribution in [0.2, 0.25) is 0 Å². The van der Waals surface area contributed by atoms with Gasteiger partial charge in [-0.05, 0) is 31.2 Å². The molecule has 0 N–H and O–H groups in total. The van der Waals surface area contributed by atoms with Crippen molar-refractivity contribution >= 4 is 23.7 Å². The lowest BCUT2D eigenvalue weighted by atomic mass is 10.2. The number of nitriles is 1. The van der Waals surface area contributed by atoms with Gasteiger partial charge in [-0.3, -0.25) is 4.79 Å². The minimum atomic E-state index is -0.341. The summed E-state index contributed by atoms with van der Waals surface area (Å²) < 4.78 is 5.64. The highest BCUT2D eigenvalue weighted by molar-refractivity contribution is 7.99. The largest absolute Gasteiger partial charge is 0.450 e. The number of likely N-dealkylation sites (N-methyl/N-ethyl adjacent to an activating group) is 1. The Bertz CT molecular complexity index is 737. The lowest BCUT2D eigenvalue weighted by molar-refractivity contribution is -0.124. The number of furan rings is 1. The Morgan fingerprint density at radius 1 is 1.23 bits per heavy atom. The summed E-state index contributed by atoms with van der Waals surface area (Å²) in [7, 11) is 3.21. The third-order valence-electron chi connectivity index (χ3n) is 2.89. The van der Waals surface area contributed by atoms with Crippen molar-refractivity contribution < 1.29 is 9.21 Å². The number of rotatable bonds is 4. The van der Waals surface area contributed by atoms with Crippen molar-refractivity contribution in [2.24, 2.45) is 0 Å². The van der Waals surface area contributed by atoms with Crippen molar-refractivity contribution in [1.29, 1.82) is 5.26 Å². The van der Waals surface area contributed by atoms with E-state index in [1.54, 1.807) is 20.2 Å². The molecule has 0 atom stereocenters. The van der Waals surface area contributed by atoms with Crippen LogP contribution in [0.5, 0.6) is 0 Å². The molecular weight excluding hydrogens is 296 g/mol. The van der Waals surface area contributed by atoms with Gasteiger partial charge in [-0.15, -0.1) is 0 Å². The molecule has 1 heterocycles. The average Bonchev–Trinajstić information content (AvgIpc) is 2.93. The van der Waals surface area contributed by atoms with Gasteiger partial charge >= 0.3 is 0 Å². The van der Waals surface area contributed by atoms with Crippen LogP contribution >= 0.6 is 11.8 Å². The smallest absolute Gasteiger partial charge is 0.264 e. The van der Waals surface area contributed by atoms with Crippen molar-refractivity contribution in [1.82, 2.24) is 4.90 Å². The van der Waals surface area contributed by atoms with Gasteiger partial charge in [0, 0.05) is 25.1 Å². The van der Waals surface area contributed by atoms with Crippen LogP contribution in [0.3, 0.4) is 0 Å². The van der Waals surface area contributed by atoms with Gasteiger partial charge in [0.1, 0.15) is 17.4 Å². The molecule has 0 aliphatic carbocycles. The van der Waals surface area contributed by atoms with Crippen LogP contribution in [0.25, 0.3) is 6.08 Å². The van der Waals surface area contributed by atoms with Crippen molar-refractivity contribution in [3.63, 3.8) is 0 Å². The molecule has 0 bridgehead atoms. The summed E-state index contributed by atoms with van der Waals surface area (Å²) in [4.78, 5) is 14.2. The molecule has 0 radical (unpaired) electrons. The molecule has 112 valence electrons. The van der Waals surface area contributed by atoms with Crippen LogP contribution < -0.4 is 0 Å². The highest BCUT2D eigenvalue weighted by Gasteiger charge is 2.12. The van der Waals surface area contributed by atoms with Crippen molar-refractivity contribution in [3.05, 3.63) is 53.3 Å². The Kier molecular flexibility index (Phi) is 5.08. The number of hydrogen-bond acceptors (Lipinski definition) is 4. The molecule has 4 nitrogen and oxygen atoms in total. The number of carbonyl (C=O) groups excluding carboxylic acids is 1. The number of nitrogens with zero attached hydrogens (tertiary/aromatic N) is 2. The fraction of sp³-hybridized carbons (Fsp3) is 0.176. The molecule has 1 aromatic heterocycles. The van der Waals surface area contributed by atoms with Gasteiger partial charge in [-0.25, -0.2) is 0 Å². The van der Waals surface area contributed by atoms with E-state index in [-0.39, 0.29) is 11.5 Å². The molecule has 0 aliphatic rings. The first kappa shape index (κ1) is 15.9. The molecule has 0 saturated heterocycles. The van der Waals surface area contributed by atoms with Crippen LogP contribution in [0.1, 0.15) is 11.3 Å². The normalized spacial score (nSPS) is 11.1. The lowest BCUT2D eigenvalue weighted by Crippen LogP contribution is -2.22. The molecule has 0 saturated carbocycles. The lowest BCUT2D eigenvalue weighted by Gasteiger charge is -2.07. The zero-order valence-corrected chi connectivity index (χ0v) is 13.5. The summed E-state index contributed by atoms with van der Waals surface area (Å²) in [6, 6.07) is 13.6. The van der Waals surface area contributed by atoms with Crippen molar-refractivity contribution in [3.8, 4) is 6.07 Å². The van der Waals surface area contributed by atoms with Crippen molar-refractivity contribution in [2.45, 2.75) is 16.9 Å². The van der Waals surface area contributed by atoms with E-state index in [1.165, 1.54) is 28.3 Å². The number of benzene rings is 1. The molecule has 0 aliphatic heterocycles. The van der Waals surface area contributed by atoms with E-state index in [4.69, 9.17) is 9.68 Å². The molecule has 0 unspecified atom stereocenters. The molecule has 2 aromatic rings. The molecule has 0 spiro atoms. The Hall–Kier alpha value is -2.45. The van der Waals surface area contributed by atoms with E-state index in [9.17, 15) is 4.79 Å². The average molecular weight is 312 g/mol. The molecular formula is C17H16N2O2S. The maximum absolute atomic E-state index is 11.8. The molecule has 22 heavy (non-hydrogen) atoms. The molecule has 5 heteroatoms. The maximum Gasteiger partial charge on any atom is 0.264 e. The standard InChI is InChI=1S/C17H16N2O2S/c1-12-4-7-15(8-5-12)22-16-9-6-14(21-16)10-13(11-18)17(20)19(2)3/h4-10H,1-3H3/b13-10-. The number of hydrogen-bond donors (Lipinski definition) is 0. The van der Waals surface area contributed by atoms with E-state index in [2.05, 4.69) is 0 Å². The Morgan fingerprint density at radius 2 is 1.91 bits per heavy atom. The second-order valence-corrected chi connectivity index (χ2v) is 6.02. The molecule has 1 amide bonds. The Labute approximate surface area is 134 Å². The van der Waals surface area contributed by atoms with Gasteiger partial charge in [0.05, 0.1) is 0 Å². The predicted octanol–water partition coefficient (Wildman–Crippen LogP) is 3.73. The minimum absolute atomic E-state index is 0.0474. The third-order valence-corrected chi connectivity index (χ3v) is 3.81. The Balaban J connectivity index is 2.16. The fourth-order valence-corrected chi connectivity index (χ4v) is 2.49. The maximum atomic E-state index is 11.8. The minimum Gasteiger partial charge on any atom is -0.450 e. The SMILES string of the molecule is Cc1ccc(Sc2ccc(/C=C(/C#N)C(=O)N(C)C)o2)cc1. The van der Waals surface area contributed by atoms with Gasteiger partial charge in [0.2, 0.25) is 0 Å². The summed E-state index contributed by atoms with van der Waals surface area (Å²) in [5.41, 5.74) is 1.25. The van der Waals surface area contributed by atoms with Gasteiger partial charge in [0.25, 0.3) is 5.91 Å². The summed E-state index contributed by atoms with van der Waals surface area (Å²) in [5.74, 6) is 0.146. The second kappa shape index (κ2) is 7.01. The van der Waals surface area contributed by atoms with Crippen LogP contribution in [0.4, 0.5) is 0 Å². The first-order valence-electron chi connectivity index (χ1n) is 6.67. The van der Waals surface area contributed by atoms with E-state index in [1.807, 2.05) is 43.3 Å². The van der Waals surface area contributed by atoms with E-state index in [0.717, 1.165) is 4.90 Å². The highest BCUT2D eigenvalue weighted by Crippen LogP contribution is 2.30. The zero-order chi connectivity index (χ0) is 16.1. The first-order valence-corrected chi connectivity index (χ1v) is 7.49. The summed E-state index contributed by atoms with van der Waals surface area (Å²) in [5, 5.41) is 9.77. The van der Waals surface area contributed by atoms with Gasteiger partial charge in [0.15, 0.2) is 5.09 Å². The van der Waals surface area contributed by atoms with Crippen LogP contribution in [0.15, 0.2) is 56.4 Å². The van der Waals surface area contributed by atoms with Crippen LogP contribution in [-0.4, -0.2) is 24.9 Å². The summed E-state index contributed by atoms with van der Waals surface area (Å²) in [6.07, 6.45) is 1.46. The third kappa shape index (κ3) is 4.03. The van der Waals surface area contributed by atoms with Crippen molar-refractivity contribution in [2.75, 3.05) is 14.1 Å². The number of aryl methyl sites for hydroxylation is 1. The number of amides is 1. The van der Waals surface area contributed by atoms with Crippen LogP contribution in [0, 0.1) is 18.3 Å². The topological polar surface area (TPSA) is 57.2 Å². The van der Waals surface area contributed by atoms with E-state index in [0.29, 0.717) is 10.9 Å². The monoisotopic (exact) mass is 312 g/mol. The molecule has 1 aromatic carbocycles. The van der Waals surface area contributed by atoms with E-state index < -0.39 is 0 Å². The quantitative estimate of drug-likeness (QED) is 0.637. The van der Waals surface area contributed by atoms with E-state index >= 15 is 0 Å². The number of carbonyl (C=O) groups is 1. The Morgan fingerprint density at radius 3 is 2.50 bits per heavy atom. The fourth-order valence-electron chi connectivity index (χ4n) is 1.71. The summed E-state index contributed by atoms with van der Waals surface area (Å²) in [6.45, 7) is 2.04. The summed E-state index contributed by atoms with van der Waals surface area (Å²) >= 11 is 1.49. The highest BCUT2D eigenvalue weighted by atomic mass is 32.2. The van der Waals surface area contributed by atoms with Gasteiger partial charge < -0.3 is 9.32 Å².